The molecule has 28 heavy (non-hydrogen) atoms. The number of H-pyrrole nitrogens is 1. The third-order valence-electron chi connectivity index (χ3n) is 4.54. The number of rotatable bonds is 5. The first-order valence-corrected chi connectivity index (χ1v) is 9.42. The second kappa shape index (κ2) is 8.47. The number of benzene rings is 2. The van der Waals surface area contributed by atoms with Crippen LogP contribution in [0.2, 0.25) is 10.0 Å². The molecule has 2 aromatic carbocycles. The molecule has 142 valence electrons. The van der Waals surface area contributed by atoms with Crippen molar-refractivity contribution < 1.29 is 4.79 Å². The third kappa shape index (κ3) is 4.04. The number of hydrogen-bond acceptors (Lipinski definition) is 3. The highest BCUT2D eigenvalue weighted by molar-refractivity contribution is 6.42. The Kier molecular flexibility index (Phi) is 6.03. The lowest BCUT2D eigenvalue weighted by atomic mass is 10.0. The van der Waals surface area contributed by atoms with Crippen LogP contribution in [0.1, 0.15) is 27.9 Å². The Morgan fingerprint density at radius 2 is 1.93 bits per heavy atom. The molecular formula is C21H17Cl2N3O2. The van der Waals surface area contributed by atoms with E-state index >= 15 is 0 Å². The molecule has 0 radical (unpaired) electrons. The quantitative estimate of drug-likeness (QED) is 0.672. The molecule has 0 atom stereocenters. The van der Waals surface area contributed by atoms with Crippen molar-refractivity contribution in [3.05, 3.63) is 79.6 Å². The van der Waals surface area contributed by atoms with Crippen molar-refractivity contribution in [2.24, 2.45) is 0 Å². The molecular weight excluding hydrogens is 397 g/mol. The summed E-state index contributed by atoms with van der Waals surface area (Å²) in [7, 11) is 1.66. The van der Waals surface area contributed by atoms with E-state index in [1.807, 2.05) is 18.2 Å². The number of nitrogens with zero attached hydrogens (tertiary/aromatic N) is 2. The van der Waals surface area contributed by atoms with Gasteiger partial charge in [-0.3, -0.25) is 9.59 Å². The summed E-state index contributed by atoms with van der Waals surface area (Å²) in [6.07, 6.45) is 1.42. The summed E-state index contributed by atoms with van der Waals surface area (Å²) in [6.45, 7) is 0.463. The molecule has 0 aliphatic rings. The number of aromatic amines is 1. The minimum atomic E-state index is -0.561. The van der Waals surface area contributed by atoms with Crippen LogP contribution >= 0.6 is 23.2 Å². The van der Waals surface area contributed by atoms with Crippen LogP contribution in [0.25, 0.3) is 10.9 Å². The first-order chi connectivity index (χ1) is 13.4. The zero-order valence-corrected chi connectivity index (χ0v) is 16.6. The number of carbonyl (C=O) groups excluding carboxylic acids is 1. The number of aromatic nitrogens is 1. The second-order valence-corrected chi connectivity index (χ2v) is 7.25. The van der Waals surface area contributed by atoms with Gasteiger partial charge in [0.05, 0.1) is 15.6 Å². The van der Waals surface area contributed by atoms with Crippen molar-refractivity contribution in [3.63, 3.8) is 0 Å². The zero-order chi connectivity index (χ0) is 20.3. The largest absolute Gasteiger partial charge is 0.342 e. The van der Waals surface area contributed by atoms with Gasteiger partial charge in [0, 0.05) is 24.5 Å². The Labute approximate surface area is 172 Å². The summed E-state index contributed by atoms with van der Waals surface area (Å²) in [5.74, 6) is -0.354. The van der Waals surface area contributed by atoms with Crippen LogP contribution < -0.4 is 5.56 Å². The molecule has 0 aliphatic carbocycles. The standard InChI is InChI=1S/C21H17Cl2N3O2/c1-26(10-4-5-13-8-9-16(22)17(23)11-13)21(28)19-14-6-2-3-7-18(14)25-20(27)15(19)12-24/h2-3,6-9,11H,4-5,10H2,1H3,(H,25,27). The van der Waals surface area contributed by atoms with Crippen LogP contribution in [0.4, 0.5) is 0 Å². The molecule has 0 fully saturated rings. The van der Waals surface area contributed by atoms with Crippen molar-refractivity contribution in [1.82, 2.24) is 9.88 Å². The van der Waals surface area contributed by atoms with Gasteiger partial charge < -0.3 is 9.88 Å². The fraction of sp³-hybridized carbons (Fsp3) is 0.190. The number of halogens is 2. The second-order valence-electron chi connectivity index (χ2n) is 6.44. The molecule has 5 nitrogen and oxygen atoms in total. The van der Waals surface area contributed by atoms with E-state index in [9.17, 15) is 14.9 Å². The minimum Gasteiger partial charge on any atom is -0.342 e. The minimum absolute atomic E-state index is 0.138. The predicted molar refractivity (Wildman–Crippen MR) is 111 cm³/mol. The van der Waals surface area contributed by atoms with Crippen LogP contribution in [0.5, 0.6) is 0 Å². The fourth-order valence-corrected chi connectivity index (χ4v) is 3.40. The van der Waals surface area contributed by atoms with Crippen molar-refractivity contribution >= 4 is 40.0 Å². The van der Waals surface area contributed by atoms with E-state index in [0.717, 1.165) is 12.0 Å². The molecule has 3 aromatic rings. The molecule has 0 aliphatic heterocycles. The lowest BCUT2D eigenvalue weighted by Crippen LogP contribution is -2.31. The van der Waals surface area contributed by atoms with E-state index in [1.165, 1.54) is 4.90 Å². The summed E-state index contributed by atoms with van der Waals surface area (Å²) in [5, 5.41) is 11.0. The number of nitriles is 1. The Morgan fingerprint density at radius 1 is 1.18 bits per heavy atom. The van der Waals surface area contributed by atoms with Crippen molar-refractivity contribution in [1.29, 1.82) is 5.26 Å². The van der Waals surface area contributed by atoms with E-state index < -0.39 is 5.56 Å². The highest BCUT2D eigenvalue weighted by Crippen LogP contribution is 2.23. The molecule has 1 N–H and O–H groups in total. The van der Waals surface area contributed by atoms with Gasteiger partial charge in [0.2, 0.25) is 0 Å². The first-order valence-electron chi connectivity index (χ1n) is 8.67. The summed E-state index contributed by atoms with van der Waals surface area (Å²) in [6, 6.07) is 14.3. The van der Waals surface area contributed by atoms with Crippen LogP contribution in [0, 0.1) is 11.3 Å². The van der Waals surface area contributed by atoms with E-state index in [4.69, 9.17) is 23.2 Å². The summed E-state index contributed by atoms with van der Waals surface area (Å²) >= 11 is 12.0. The molecule has 0 saturated heterocycles. The average Bonchev–Trinajstić information content (AvgIpc) is 2.69. The summed E-state index contributed by atoms with van der Waals surface area (Å²) in [5.41, 5.74) is 0.960. The van der Waals surface area contributed by atoms with Gasteiger partial charge in [0.25, 0.3) is 11.5 Å². The molecule has 1 aromatic heterocycles. The lowest BCUT2D eigenvalue weighted by molar-refractivity contribution is 0.0795. The smallest absolute Gasteiger partial charge is 0.267 e. The van der Waals surface area contributed by atoms with Gasteiger partial charge in [-0.25, -0.2) is 0 Å². The van der Waals surface area contributed by atoms with Crippen LogP contribution in [0.15, 0.2) is 47.3 Å². The Hall–Kier alpha value is -2.81. The van der Waals surface area contributed by atoms with E-state index in [2.05, 4.69) is 4.98 Å². The Morgan fingerprint density at radius 3 is 2.64 bits per heavy atom. The normalized spacial score (nSPS) is 10.6. The molecule has 1 heterocycles. The maximum Gasteiger partial charge on any atom is 0.267 e. The van der Waals surface area contributed by atoms with Gasteiger partial charge in [-0.05, 0) is 36.6 Å². The average molecular weight is 414 g/mol. The van der Waals surface area contributed by atoms with Crippen molar-refractivity contribution in [3.8, 4) is 6.07 Å². The number of carbonyl (C=O) groups is 1. The Bertz CT molecular complexity index is 1150. The maximum absolute atomic E-state index is 13.0. The summed E-state index contributed by atoms with van der Waals surface area (Å²) < 4.78 is 0. The molecule has 3 rings (SSSR count). The van der Waals surface area contributed by atoms with Crippen molar-refractivity contribution in [2.75, 3.05) is 13.6 Å². The fourth-order valence-electron chi connectivity index (χ4n) is 3.08. The number of hydrogen-bond donors (Lipinski definition) is 1. The number of amides is 1. The first kappa shape index (κ1) is 19.9. The van der Waals surface area contributed by atoms with Crippen LogP contribution in [-0.4, -0.2) is 29.4 Å². The number of pyridine rings is 1. The zero-order valence-electron chi connectivity index (χ0n) is 15.1. The van der Waals surface area contributed by atoms with Gasteiger partial charge in [0.1, 0.15) is 11.6 Å². The van der Waals surface area contributed by atoms with E-state index in [0.29, 0.717) is 33.9 Å². The number of aryl methyl sites for hydroxylation is 1. The maximum atomic E-state index is 13.0. The molecule has 0 saturated carbocycles. The van der Waals surface area contributed by atoms with Gasteiger partial charge in [-0.1, -0.05) is 47.5 Å². The highest BCUT2D eigenvalue weighted by Gasteiger charge is 2.21. The topological polar surface area (TPSA) is 77.0 Å². The number of nitrogens with one attached hydrogen (secondary N) is 1. The third-order valence-corrected chi connectivity index (χ3v) is 5.28. The molecule has 0 bridgehead atoms. The van der Waals surface area contributed by atoms with Gasteiger partial charge in [-0.2, -0.15) is 5.26 Å². The predicted octanol–water partition coefficient (Wildman–Crippen LogP) is 4.41. The number of fused-ring (bicyclic) bond motifs is 1. The van der Waals surface area contributed by atoms with Gasteiger partial charge in [-0.15, -0.1) is 0 Å². The molecule has 0 unspecified atom stereocenters. The highest BCUT2D eigenvalue weighted by atomic mass is 35.5. The van der Waals surface area contributed by atoms with Crippen LogP contribution in [-0.2, 0) is 6.42 Å². The summed E-state index contributed by atoms with van der Waals surface area (Å²) in [4.78, 5) is 29.4. The van der Waals surface area contributed by atoms with E-state index in [1.54, 1.807) is 37.4 Å². The monoisotopic (exact) mass is 413 g/mol. The number of para-hydroxylation sites is 1. The van der Waals surface area contributed by atoms with E-state index in [-0.39, 0.29) is 17.0 Å². The Balaban J connectivity index is 1.81. The SMILES string of the molecule is CN(CCCc1ccc(Cl)c(Cl)c1)C(=O)c1c(C#N)c(=O)[nH]c2ccccc12. The van der Waals surface area contributed by atoms with Gasteiger partial charge >= 0.3 is 0 Å². The van der Waals surface area contributed by atoms with Crippen LogP contribution in [0.3, 0.4) is 0 Å². The molecule has 1 amide bonds. The molecule has 0 spiro atoms. The van der Waals surface area contributed by atoms with Gasteiger partial charge in [0.15, 0.2) is 0 Å². The molecule has 7 heteroatoms. The lowest BCUT2D eigenvalue weighted by Gasteiger charge is -2.19. The van der Waals surface area contributed by atoms with Crippen molar-refractivity contribution in [2.45, 2.75) is 12.8 Å².